The summed E-state index contributed by atoms with van der Waals surface area (Å²) in [7, 11) is -3.75. The van der Waals surface area contributed by atoms with Crippen molar-refractivity contribution in [1.29, 1.82) is 0 Å². The Morgan fingerprint density at radius 2 is 1.90 bits per heavy atom. The number of aryl methyl sites for hydroxylation is 1. The van der Waals surface area contributed by atoms with E-state index in [0.29, 0.717) is 24.4 Å². The lowest BCUT2D eigenvalue weighted by atomic mass is 10.2. The number of primary sulfonamides is 1. The summed E-state index contributed by atoms with van der Waals surface area (Å²) >= 11 is 0. The van der Waals surface area contributed by atoms with Crippen molar-refractivity contribution < 1.29 is 17.9 Å². The molecule has 6 nitrogen and oxygen atoms in total. The predicted octanol–water partition coefficient (Wildman–Crippen LogP) is 1.28. The SMILES string of the molecule is CCN(CC)C(=O)C(C)Oc1ccc(S(N)(=O)=O)c(C)c1. The molecule has 1 unspecified atom stereocenters. The van der Waals surface area contributed by atoms with Crippen molar-refractivity contribution in [3.63, 3.8) is 0 Å². The summed E-state index contributed by atoms with van der Waals surface area (Å²) in [6.07, 6.45) is -0.635. The summed E-state index contributed by atoms with van der Waals surface area (Å²) in [6, 6.07) is 4.44. The van der Waals surface area contributed by atoms with Crippen LogP contribution in [0, 0.1) is 6.92 Å². The summed E-state index contributed by atoms with van der Waals surface area (Å²) in [5, 5.41) is 5.10. The lowest BCUT2D eigenvalue weighted by Crippen LogP contribution is -2.40. The molecule has 0 aromatic heterocycles. The number of benzene rings is 1. The molecule has 1 aromatic rings. The van der Waals surface area contributed by atoms with E-state index in [-0.39, 0.29) is 10.8 Å². The van der Waals surface area contributed by atoms with Gasteiger partial charge in [0.05, 0.1) is 4.90 Å². The number of nitrogens with zero attached hydrogens (tertiary/aromatic N) is 1. The molecule has 0 bridgehead atoms. The van der Waals surface area contributed by atoms with Gasteiger partial charge in [0.2, 0.25) is 10.0 Å². The van der Waals surface area contributed by atoms with Crippen LogP contribution < -0.4 is 9.88 Å². The van der Waals surface area contributed by atoms with Gasteiger partial charge in [-0.1, -0.05) is 0 Å². The van der Waals surface area contributed by atoms with Crippen LogP contribution in [-0.2, 0) is 14.8 Å². The number of carbonyl (C=O) groups is 1. The van der Waals surface area contributed by atoms with Crippen LogP contribution in [0.15, 0.2) is 23.1 Å². The maximum atomic E-state index is 12.1. The number of carbonyl (C=O) groups excluding carboxylic acids is 1. The Hall–Kier alpha value is -1.60. The summed E-state index contributed by atoms with van der Waals surface area (Å²) in [6.45, 7) is 8.34. The molecule has 0 radical (unpaired) electrons. The number of rotatable bonds is 6. The molecule has 7 heteroatoms. The summed E-state index contributed by atoms with van der Waals surface area (Å²) in [4.78, 5) is 13.8. The molecule has 1 atom stereocenters. The first-order valence-corrected chi connectivity index (χ1v) is 8.34. The van der Waals surface area contributed by atoms with E-state index in [1.165, 1.54) is 12.1 Å². The van der Waals surface area contributed by atoms with Gasteiger partial charge in [0.15, 0.2) is 6.10 Å². The predicted molar refractivity (Wildman–Crippen MR) is 80.6 cm³/mol. The average molecular weight is 314 g/mol. The second-order valence-corrected chi connectivity index (χ2v) is 6.27. The summed E-state index contributed by atoms with van der Waals surface area (Å²) in [5.41, 5.74) is 0.484. The van der Waals surface area contributed by atoms with Gasteiger partial charge in [0, 0.05) is 13.1 Å². The number of likely N-dealkylation sites (N-methyl/N-ethyl adjacent to an activating group) is 1. The Labute approximate surface area is 125 Å². The van der Waals surface area contributed by atoms with Gasteiger partial charge in [-0.25, -0.2) is 13.6 Å². The molecule has 0 saturated heterocycles. The van der Waals surface area contributed by atoms with Gasteiger partial charge in [-0.2, -0.15) is 0 Å². The number of ether oxygens (including phenoxy) is 1. The summed E-state index contributed by atoms with van der Waals surface area (Å²) < 4.78 is 28.3. The molecular weight excluding hydrogens is 292 g/mol. The highest BCUT2D eigenvalue weighted by Gasteiger charge is 2.20. The third kappa shape index (κ3) is 4.44. The van der Waals surface area contributed by atoms with Crippen molar-refractivity contribution >= 4 is 15.9 Å². The van der Waals surface area contributed by atoms with Gasteiger partial charge in [-0.05, 0) is 51.5 Å². The first-order chi connectivity index (χ1) is 9.70. The van der Waals surface area contributed by atoms with E-state index in [1.54, 1.807) is 24.8 Å². The Bertz CT molecular complexity index is 609. The van der Waals surface area contributed by atoms with E-state index in [1.807, 2.05) is 13.8 Å². The normalized spacial score (nSPS) is 12.8. The molecule has 1 rings (SSSR count). The van der Waals surface area contributed by atoms with Crippen molar-refractivity contribution in [2.24, 2.45) is 5.14 Å². The van der Waals surface area contributed by atoms with E-state index < -0.39 is 16.1 Å². The van der Waals surface area contributed by atoms with Crippen LogP contribution >= 0.6 is 0 Å². The fraction of sp³-hybridized carbons (Fsp3) is 0.500. The number of amides is 1. The van der Waals surface area contributed by atoms with Crippen LogP contribution in [0.5, 0.6) is 5.75 Å². The molecule has 0 heterocycles. The van der Waals surface area contributed by atoms with Crippen molar-refractivity contribution in [2.45, 2.75) is 38.7 Å². The fourth-order valence-electron chi connectivity index (χ4n) is 2.06. The standard InChI is InChI=1S/C14H22N2O4S/c1-5-16(6-2)14(17)11(4)20-12-7-8-13(10(3)9-12)21(15,18)19/h7-9,11H,5-6H2,1-4H3,(H2,15,18,19). The molecule has 2 N–H and O–H groups in total. The molecule has 21 heavy (non-hydrogen) atoms. The van der Waals surface area contributed by atoms with Crippen LogP contribution in [0.2, 0.25) is 0 Å². The van der Waals surface area contributed by atoms with E-state index >= 15 is 0 Å². The average Bonchev–Trinajstić information content (AvgIpc) is 2.38. The van der Waals surface area contributed by atoms with Gasteiger partial charge < -0.3 is 9.64 Å². The highest BCUT2D eigenvalue weighted by atomic mass is 32.2. The van der Waals surface area contributed by atoms with E-state index in [4.69, 9.17) is 9.88 Å². The molecule has 1 amide bonds. The van der Waals surface area contributed by atoms with Crippen LogP contribution in [0.1, 0.15) is 26.3 Å². The molecule has 0 saturated carbocycles. The Morgan fingerprint density at radius 3 is 2.33 bits per heavy atom. The van der Waals surface area contributed by atoms with E-state index in [0.717, 1.165) is 0 Å². The molecule has 0 aliphatic rings. The maximum absolute atomic E-state index is 12.1. The van der Waals surface area contributed by atoms with Crippen molar-refractivity contribution in [3.05, 3.63) is 23.8 Å². The number of hydrogen-bond acceptors (Lipinski definition) is 4. The smallest absolute Gasteiger partial charge is 0.263 e. The highest BCUT2D eigenvalue weighted by Crippen LogP contribution is 2.21. The largest absolute Gasteiger partial charge is 0.481 e. The first kappa shape index (κ1) is 17.5. The van der Waals surface area contributed by atoms with E-state index in [2.05, 4.69) is 0 Å². The molecule has 1 aromatic carbocycles. The zero-order valence-electron chi connectivity index (χ0n) is 12.8. The van der Waals surface area contributed by atoms with Crippen molar-refractivity contribution in [3.8, 4) is 5.75 Å². The molecule has 0 aliphatic heterocycles. The van der Waals surface area contributed by atoms with E-state index in [9.17, 15) is 13.2 Å². The molecule has 118 valence electrons. The highest BCUT2D eigenvalue weighted by molar-refractivity contribution is 7.89. The zero-order valence-corrected chi connectivity index (χ0v) is 13.6. The third-order valence-corrected chi connectivity index (χ3v) is 4.26. The third-order valence-electron chi connectivity index (χ3n) is 3.19. The Kier molecular flexibility index (Phi) is 5.74. The van der Waals surface area contributed by atoms with Gasteiger partial charge in [-0.3, -0.25) is 4.79 Å². The van der Waals surface area contributed by atoms with Crippen LogP contribution in [-0.4, -0.2) is 38.4 Å². The number of nitrogens with two attached hydrogens (primary N) is 1. The molecule has 0 spiro atoms. The van der Waals surface area contributed by atoms with Crippen molar-refractivity contribution in [2.75, 3.05) is 13.1 Å². The lowest BCUT2D eigenvalue weighted by molar-refractivity contribution is -0.137. The monoisotopic (exact) mass is 314 g/mol. The minimum absolute atomic E-state index is 0.0533. The van der Waals surface area contributed by atoms with Crippen LogP contribution in [0.25, 0.3) is 0 Å². The Morgan fingerprint density at radius 1 is 1.33 bits per heavy atom. The molecule has 0 fully saturated rings. The minimum atomic E-state index is -3.75. The fourth-order valence-corrected chi connectivity index (χ4v) is 2.83. The molecule has 0 aliphatic carbocycles. The maximum Gasteiger partial charge on any atom is 0.263 e. The number of hydrogen-bond donors (Lipinski definition) is 1. The van der Waals surface area contributed by atoms with Gasteiger partial charge >= 0.3 is 0 Å². The second kappa shape index (κ2) is 6.91. The van der Waals surface area contributed by atoms with Gasteiger partial charge in [0.25, 0.3) is 5.91 Å². The van der Waals surface area contributed by atoms with Gasteiger partial charge in [0.1, 0.15) is 5.75 Å². The minimum Gasteiger partial charge on any atom is -0.481 e. The first-order valence-electron chi connectivity index (χ1n) is 6.79. The zero-order chi connectivity index (χ0) is 16.2. The second-order valence-electron chi connectivity index (χ2n) is 4.74. The van der Waals surface area contributed by atoms with Gasteiger partial charge in [-0.15, -0.1) is 0 Å². The number of sulfonamides is 1. The topological polar surface area (TPSA) is 89.7 Å². The lowest BCUT2D eigenvalue weighted by Gasteiger charge is -2.23. The quantitative estimate of drug-likeness (QED) is 0.856. The Balaban J connectivity index is 2.90. The molecular formula is C14H22N2O4S. The van der Waals surface area contributed by atoms with Crippen molar-refractivity contribution in [1.82, 2.24) is 4.90 Å². The van der Waals surface area contributed by atoms with Crippen LogP contribution in [0.4, 0.5) is 0 Å². The summed E-state index contributed by atoms with van der Waals surface area (Å²) in [5.74, 6) is 0.334. The van der Waals surface area contributed by atoms with Crippen LogP contribution in [0.3, 0.4) is 0 Å².